The zero-order valence-corrected chi connectivity index (χ0v) is 14.8. The number of benzene rings is 1. The van der Waals surface area contributed by atoms with Gasteiger partial charge in [-0.2, -0.15) is 0 Å². The van der Waals surface area contributed by atoms with Crippen LogP contribution >= 0.6 is 0 Å². The van der Waals surface area contributed by atoms with E-state index >= 15 is 0 Å². The van der Waals surface area contributed by atoms with Crippen LogP contribution < -0.4 is 14.8 Å². The first kappa shape index (κ1) is 17.5. The van der Waals surface area contributed by atoms with Gasteiger partial charge in [-0.3, -0.25) is 14.6 Å². The van der Waals surface area contributed by atoms with Gasteiger partial charge >= 0.3 is 6.03 Å². The Morgan fingerprint density at radius 2 is 1.80 bits per heavy atom. The highest BCUT2D eigenvalue weighted by Crippen LogP contribution is 2.33. The molecule has 1 aromatic rings. The van der Waals surface area contributed by atoms with Crippen molar-refractivity contribution in [1.29, 1.82) is 0 Å². The highest BCUT2D eigenvalue weighted by Gasteiger charge is 2.28. The molecule has 3 amide bonds. The molecule has 1 saturated heterocycles. The number of amides is 3. The number of hydrogen-bond acceptors (Lipinski definition) is 5. The number of carbonyl (C=O) groups excluding carboxylic acids is 2. The minimum atomic E-state index is -0.289. The first-order valence-electron chi connectivity index (χ1n) is 8.84. The maximum atomic E-state index is 12.3. The number of ether oxygens (including phenoxy) is 2. The third-order valence-corrected chi connectivity index (χ3v) is 4.47. The second kappa shape index (κ2) is 7.74. The number of carbonyl (C=O) groups is 2. The van der Waals surface area contributed by atoms with Gasteiger partial charge in [0.25, 0.3) is 0 Å². The molecule has 1 fully saturated rings. The van der Waals surface area contributed by atoms with Crippen LogP contribution in [0.4, 0.5) is 4.79 Å². The van der Waals surface area contributed by atoms with Crippen LogP contribution in [-0.4, -0.2) is 61.1 Å². The molecule has 2 heterocycles. The predicted octanol–water partition coefficient (Wildman–Crippen LogP) is 1.39. The Morgan fingerprint density at radius 3 is 2.40 bits per heavy atom. The van der Waals surface area contributed by atoms with E-state index in [1.165, 1.54) is 10.5 Å². The van der Waals surface area contributed by atoms with Crippen molar-refractivity contribution in [2.75, 3.05) is 39.4 Å². The molecule has 7 nitrogen and oxygen atoms in total. The van der Waals surface area contributed by atoms with Crippen molar-refractivity contribution in [2.24, 2.45) is 0 Å². The highest BCUT2D eigenvalue weighted by molar-refractivity contribution is 5.96. The van der Waals surface area contributed by atoms with Gasteiger partial charge in [0.15, 0.2) is 11.5 Å². The highest BCUT2D eigenvalue weighted by atomic mass is 16.5. The van der Waals surface area contributed by atoms with Crippen molar-refractivity contribution in [3.8, 4) is 11.5 Å². The van der Waals surface area contributed by atoms with E-state index in [-0.39, 0.29) is 18.5 Å². The summed E-state index contributed by atoms with van der Waals surface area (Å²) in [6.07, 6.45) is 0.849. The Balaban J connectivity index is 1.70. The van der Waals surface area contributed by atoms with E-state index < -0.39 is 0 Å². The molecule has 0 aliphatic carbocycles. The van der Waals surface area contributed by atoms with E-state index in [0.717, 1.165) is 30.0 Å². The third-order valence-electron chi connectivity index (χ3n) is 4.47. The molecule has 0 radical (unpaired) electrons. The van der Waals surface area contributed by atoms with Crippen molar-refractivity contribution in [3.63, 3.8) is 0 Å². The van der Waals surface area contributed by atoms with Gasteiger partial charge in [-0.1, -0.05) is 0 Å². The van der Waals surface area contributed by atoms with Crippen molar-refractivity contribution < 1.29 is 19.1 Å². The fourth-order valence-corrected chi connectivity index (χ4v) is 3.28. The molecular weight excluding hydrogens is 322 g/mol. The first-order valence-corrected chi connectivity index (χ1v) is 8.84. The van der Waals surface area contributed by atoms with Crippen molar-refractivity contribution >= 4 is 11.9 Å². The maximum absolute atomic E-state index is 12.3. The van der Waals surface area contributed by atoms with Gasteiger partial charge in [-0.05, 0) is 43.5 Å². The number of nitrogens with zero attached hydrogens (tertiary/aromatic N) is 2. The largest absolute Gasteiger partial charge is 0.490 e. The normalized spacial score (nSPS) is 17.2. The summed E-state index contributed by atoms with van der Waals surface area (Å²) in [5, 5.41) is 2.66. The molecule has 2 aliphatic rings. The number of imide groups is 1. The van der Waals surface area contributed by atoms with Gasteiger partial charge in [0.1, 0.15) is 0 Å². The average molecular weight is 347 g/mol. The third kappa shape index (κ3) is 3.87. The van der Waals surface area contributed by atoms with E-state index in [1.54, 1.807) is 0 Å². The molecular formula is C18H25N3O4. The van der Waals surface area contributed by atoms with Crippen LogP contribution in [0.1, 0.15) is 25.0 Å². The topological polar surface area (TPSA) is 71.1 Å². The summed E-state index contributed by atoms with van der Waals surface area (Å²) in [6, 6.07) is 3.78. The fourth-order valence-electron chi connectivity index (χ4n) is 3.28. The van der Waals surface area contributed by atoms with Crippen LogP contribution in [0.25, 0.3) is 0 Å². The second-order valence-corrected chi connectivity index (χ2v) is 6.17. The first-order chi connectivity index (χ1) is 12.1. The lowest BCUT2D eigenvalue weighted by molar-refractivity contribution is -0.129. The van der Waals surface area contributed by atoms with Crippen molar-refractivity contribution in [2.45, 2.75) is 26.8 Å². The predicted molar refractivity (Wildman–Crippen MR) is 92.9 cm³/mol. The number of rotatable bonds is 6. The molecule has 1 aromatic carbocycles. The number of fused-ring (bicyclic) bond motifs is 1. The lowest BCUT2D eigenvalue weighted by Gasteiger charge is -2.30. The summed E-state index contributed by atoms with van der Waals surface area (Å²) >= 11 is 0. The zero-order chi connectivity index (χ0) is 17.8. The standard InChI is InChI=1S/C18H25N3O4/c1-3-24-15-9-13-5-7-20(11-14(13)10-16(15)25-4-2)12-17(22)21-8-6-19-18(21)23/h9-10H,3-8,11-12H2,1-2H3,(H,19,23). The lowest BCUT2D eigenvalue weighted by atomic mass is 9.98. The molecule has 3 rings (SSSR count). The van der Waals surface area contributed by atoms with Crippen LogP contribution in [-0.2, 0) is 17.8 Å². The number of urea groups is 1. The van der Waals surface area contributed by atoms with Gasteiger partial charge in [-0.25, -0.2) is 4.79 Å². The minimum Gasteiger partial charge on any atom is -0.490 e. The van der Waals surface area contributed by atoms with E-state index in [9.17, 15) is 9.59 Å². The number of hydrogen-bond donors (Lipinski definition) is 1. The Hall–Kier alpha value is -2.28. The molecule has 0 bridgehead atoms. The summed E-state index contributed by atoms with van der Waals surface area (Å²) in [7, 11) is 0. The van der Waals surface area contributed by atoms with Crippen LogP contribution in [0.5, 0.6) is 11.5 Å². The SMILES string of the molecule is CCOc1cc2c(cc1OCC)CN(CC(=O)N1CCNC1=O)CC2. The van der Waals surface area contributed by atoms with Crippen molar-refractivity contribution in [3.05, 3.63) is 23.3 Å². The van der Waals surface area contributed by atoms with Gasteiger partial charge in [-0.15, -0.1) is 0 Å². The van der Waals surface area contributed by atoms with E-state index in [4.69, 9.17) is 9.47 Å². The fraction of sp³-hybridized carbons (Fsp3) is 0.556. The monoisotopic (exact) mass is 347 g/mol. The Morgan fingerprint density at radius 1 is 1.12 bits per heavy atom. The molecule has 0 saturated carbocycles. The smallest absolute Gasteiger partial charge is 0.324 e. The van der Waals surface area contributed by atoms with Crippen LogP contribution in [0.15, 0.2) is 12.1 Å². The Labute approximate surface area is 147 Å². The summed E-state index contributed by atoms with van der Waals surface area (Å²) in [4.78, 5) is 27.3. The van der Waals surface area contributed by atoms with E-state index in [2.05, 4.69) is 16.3 Å². The molecule has 2 aliphatic heterocycles. The molecule has 0 spiro atoms. The molecule has 0 aromatic heterocycles. The van der Waals surface area contributed by atoms with Gasteiger partial charge < -0.3 is 14.8 Å². The molecule has 136 valence electrons. The lowest BCUT2D eigenvalue weighted by Crippen LogP contribution is -2.43. The minimum absolute atomic E-state index is 0.144. The molecule has 0 unspecified atom stereocenters. The van der Waals surface area contributed by atoms with Gasteiger partial charge in [0, 0.05) is 26.2 Å². The van der Waals surface area contributed by atoms with Gasteiger partial charge in [0.2, 0.25) is 5.91 Å². The second-order valence-electron chi connectivity index (χ2n) is 6.17. The Kier molecular flexibility index (Phi) is 5.43. The van der Waals surface area contributed by atoms with E-state index in [0.29, 0.717) is 32.8 Å². The van der Waals surface area contributed by atoms with Crippen LogP contribution in [0, 0.1) is 0 Å². The maximum Gasteiger partial charge on any atom is 0.324 e. The molecule has 25 heavy (non-hydrogen) atoms. The van der Waals surface area contributed by atoms with Crippen LogP contribution in [0.2, 0.25) is 0 Å². The molecule has 0 atom stereocenters. The zero-order valence-electron chi connectivity index (χ0n) is 14.8. The van der Waals surface area contributed by atoms with E-state index in [1.807, 2.05) is 19.9 Å². The van der Waals surface area contributed by atoms with Crippen LogP contribution in [0.3, 0.4) is 0 Å². The Bertz CT molecular complexity index is 662. The molecule has 1 N–H and O–H groups in total. The summed E-state index contributed by atoms with van der Waals surface area (Å²) in [6.45, 7) is 7.77. The summed E-state index contributed by atoms with van der Waals surface area (Å²) < 4.78 is 11.4. The summed E-state index contributed by atoms with van der Waals surface area (Å²) in [5.74, 6) is 1.38. The summed E-state index contributed by atoms with van der Waals surface area (Å²) in [5.41, 5.74) is 2.38. The quantitative estimate of drug-likeness (QED) is 0.842. The van der Waals surface area contributed by atoms with Gasteiger partial charge in [0.05, 0.1) is 19.8 Å². The van der Waals surface area contributed by atoms with Crippen molar-refractivity contribution in [1.82, 2.24) is 15.1 Å². The number of nitrogens with one attached hydrogen (secondary N) is 1. The average Bonchev–Trinajstić information content (AvgIpc) is 3.02. The molecule has 7 heteroatoms.